The van der Waals surface area contributed by atoms with Gasteiger partial charge in [0, 0.05) is 56.7 Å². The third-order valence-corrected chi connectivity index (χ3v) is 5.49. The number of nitrogens with zero attached hydrogens (tertiary/aromatic N) is 3. The monoisotopic (exact) mass is 366 g/mol. The molecule has 1 N–H and O–H groups in total. The predicted octanol–water partition coefficient (Wildman–Crippen LogP) is 2.81. The number of aromatic nitrogens is 1. The van der Waals surface area contributed by atoms with E-state index in [2.05, 4.69) is 34.1 Å². The number of carbonyl (C=O) groups excluding carboxylic acids is 1. The molecule has 0 unspecified atom stereocenters. The summed E-state index contributed by atoms with van der Waals surface area (Å²) in [6.07, 6.45) is 4.63. The standard InChI is InChI=1S/C22H30N4O/c1-17-16-23-10-9-21(17)19-4-6-20(7-5-19)22(27)24-11-8-18(2)26-14-12-25(3)13-15-26/h4-7,9-10,16,18H,8,11-15H2,1-3H3,(H,24,27)/t18-/m0/s1. The zero-order chi connectivity index (χ0) is 19.2. The predicted molar refractivity (Wildman–Crippen MR) is 110 cm³/mol. The Kier molecular flexibility index (Phi) is 6.58. The van der Waals surface area contributed by atoms with Crippen molar-refractivity contribution in [3.63, 3.8) is 0 Å². The van der Waals surface area contributed by atoms with Gasteiger partial charge in [-0.15, -0.1) is 0 Å². The third kappa shape index (κ3) is 5.15. The number of carbonyl (C=O) groups is 1. The van der Waals surface area contributed by atoms with Crippen LogP contribution in [0.15, 0.2) is 42.7 Å². The van der Waals surface area contributed by atoms with Gasteiger partial charge in [-0.3, -0.25) is 14.7 Å². The van der Waals surface area contributed by atoms with Gasteiger partial charge in [-0.25, -0.2) is 0 Å². The smallest absolute Gasteiger partial charge is 0.251 e. The number of likely N-dealkylation sites (N-methyl/N-ethyl adjacent to an activating group) is 1. The molecule has 1 fully saturated rings. The fourth-order valence-corrected chi connectivity index (χ4v) is 3.54. The first-order chi connectivity index (χ1) is 13.0. The summed E-state index contributed by atoms with van der Waals surface area (Å²) in [5.41, 5.74) is 4.10. The zero-order valence-corrected chi connectivity index (χ0v) is 16.6. The largest absolute Gasteiger partial charge is 0.352 e. The lowest BCUT2D eigenvalue weighted by Gasteiger charge is -2.36. The van der Waals surface area contributed by atoms with Crippen molar-refractivity contribution in [3.8, 4) is 11.1 Å². The van der Waals surface area contributed by atoms with E-state index in [0.717, 1.165) is 49.3 Å². The van der Waals surface area contributed by atoms with E-state index in [1.54, 1.807) is 6.20 Å². The highest BCUT2D eigenvalue weighted by Gasteiger charge is 2.19. The average molecular weight is 367 g/mol. The van der Waals surface area contributed by atoms with Gasteiger partial charge in [-0.1, -0.05) is 12.1 Å². The SMILES string of the molecule is Cc1cnccc1-c1ccc(C(=O)NCC[C@H](C)N2CCN(C)CC2)cc1. The lowest BCUT2D eigenvalue weighted by Crippen LogP contribution is -2.48. The highest BCUT2D eigenvalue weighted by molar-refractivity contribution is 5.94. The lowest BCUT2D eigenvalue weighted by atomic mass is 10.0. The molecule has 1 atom stereocenters. The number of piperazine rings is 1. The van der Waals surface area contributed by atoms with E-state index in [1.165, 1.54) is 0 Å². The normalized spacial score (nSPS) is 16.9. The molecular weight excluding hydrogens is 336 g/mol. The minimum absolute atomic E-state index is 0.00132. The van der Waals surface area contributed by atoms with Crippen LogP contribution in [0, 0.1) is 6.92 Å². The second-order valence-corrected chi connectivity index (χ2v) is 7.50. The molecular formula is C22H30N4O. The van der Waals surface area contributed by atoms with Crippen LogP contribution in [0.4, 0.5) is 0 Å². The van der Waals surface area contributed by atoms with Crippen molar-refractivity contribution in [2.45, 2.75) is 26.3 Å². The molecule has 5 nitrogen and oxygen atoms in total. The van der Waals surface area contributed by atoms with Gasteiger partial charge in [0.2, 0.25) is 0 Å². The quantitative estimate of drug-likeness (QED) is 0.854. The maximum Gasteiger partial charge on any atom is 0.251 e. The Bertz CT molecular complexity index is 751. The van der Waals surface area contributed by atoms with Gasteiger partial charge < -0.3 is 10.2 Å². The summed E-state index contributed by atoms with van der Waals surface area (Å²) in [6.45, 7) is 9.48. The summed E-state index contributed by atoms with van der Waals surface area (Å²) in [5.74, 6) is -0.00132. The first-order valence-electron chi connectivity index (χ1n) is 9.76. The Morgan fingerprint density at radius 1 is 1.15 bits per heavy atom. The van der Waals surface area contributed by atoms with E-state index in [-0.39, 0.29) is 5.91 Å². The van der Waals surface area contributed by atoms with Crippen LogP contribution in [0.3, 0.4) is 0 Å². The van der Waals surface area contributed by atoms with Crippen LogP contribution >= 0.6 is 0 Å². The summed E-state index contributed by atoms with van der Waals surface area (Å²) in [7, 11) is 2.17. The number of aryl methyl sites for hydroxylation is 1. The highest BCUT2D eigenvalue weighted by atomic mass is 16.1. The molecule has 1 aromatic carbocycles. The molecule has 1 saturated heterocycles. The van der Waals surface area contributed by atoms with E-state index in [0.29, 0.717) is 18.2 Å². The van der Waals surface area contributed by atoms with Crippen LogP contribution in [0.1, 0.15) is 29.3 Å². The molecule has 2 heterocycles. The molecule has 1 aliphatic heterocycles. The Balaban J connectivity index is 1.49. The molecule has 0 saturated carbocycles. The van der Waals surface area contributed by atoms with Gasteiger partial charge in [0.15, 0.2) is 0 Å². The fraction of sp³-hybridized carbons (Fsp3) is 0.455. The molecule has 0 radical (unpaired) electrons. The van der Waals surface area contributed by atoms with Gasteiger partial charge in [0.25, 0.3) is 5.91 Å². The molecule has 0 bridgehead atoms. The van der Waals surface area contributed by atoms with Gasteiger partial charge in [-0.05, 0) is 62.2 Å². The third-order valence-electron chi connectivity index (χ3n) is 5.49. The minimum Gasteiger partial charge on any atom is -0.352 e. The van der Waals surface area contributed by atoms with Crippen molar-refractivity contribution in [2.75, 3.05) is 39.8 Å². The molecule has 27 heavy (non-hydrogen) atoms. The van der Waals surface area contributed by atoms with Gasteiger partial charge >= 0.3 is 0 Å². The van der Waals surface area contributed by atoms with Crippen molar-refractivity contribution in [1.82, 2.24) is 20.1 Å². The van der Waals surface area contributed by atoms with Crippen molar-refractivity contribution < 1.29 is 4.79 Å². The first-order valence-corrected chi connectivity index (χ1v) is 9.76. The molecule has 0 aliphatic carbocycles. The molecule has 0 spiro atoms. The van der Waals surface area contributed by atoms with E-state index in [4.69, 9.17) is 0 Å². The first kappa shape index (κ1) is 19.5. The summed E-state index contributed by atoms with van der Waals surface area (Å²) in [5, 5.41) is 3.06. The topological polar surface area (TPSA) is 48.5 Å². The van der Waals surface area contributed by atoms with Crippen molar-refractivity contribution in [2.24, 2.45) is 0 Å². The van der Waals surface area contributed by atoms with E-state index in [1.807, 2.05) is 43.5 Å². The van der Waals surface area contributed by atoms with E-state index < -0.39 is 0 Å². The Hall–Kier alpha value is -2.24. The van der Waals surface area contributed by atoms with Crippen LogP contribution in [0.25, 0.3) is 11.1 Å². The summed E-state index contributed by atoms with van der Waals surface area (Å²) >= 11 is 0. The second kappa shape index (κ2) is 9.11. The van der Waals surface area contributed by atoms with Crippen molar-refractivity contribution >= 4 is 5.91 Å². The summed E-state index contributed by atoms with van der Waals surface area (Å²) in [4.78, 5) is 21.4. The van der Waals surface area contributed by atoms with Crippen molar-refractivity contribution in [1.29, 1.82) is 0 Å². The second-order valence-electron chi connectivity index (χ2n) is 7.50. The average Bonchev–Trinajstić information content (AvgIpc) is 2.69. The Labute approximate surface area is 162 Å². The molecule has 1 aliphatic rings. The number of nitrogens with one attached hydrogen (secondary N) is 1. The molecule has 5 heteroatoms. The number of hydrogen-bond donors (Lipinski definition) is 1. The summed E-state index contributed by atoms with van der Waals surface area (Å²) in [6, 6.07) is 10.3. The van der Waals surface area contributed by atoms with Crippen molar-refractivity contribution in [3.05, 3.63) is 53.9 Å². The molecule has 3 rings (SSSR count). The maximum atomic E-state index is 12.4. The summed E-state index contributed by atoms with van der Waals surface area (Å²) < 4.78 is 0. The minimum atomic E-state index is -0.00132. The fourth-order valence-electron chi connectivity index (χ4n) is 3.54. The zero-order valence-electron chi connectivity index (χ0n) is 16.6. The van der Waals surface area contributed by atoms with E-state index in [9.17, 15) is 4.79 Å². The molecule has 144 valence electrons. The maximum absolute atomic E-state index is 12.4. The van der Waals surface area contributed by atoms with Crippen LogP contribution in [-0.4, -0.2) is 66.5 Å². The van der Waals surface area contributed by atoms with E-state index >= 15 is 0 Å². The Morgan fingerprint density at radius 3 is 2.52 bits per heavy atom. The molecule has 2 aromatic rings. The number of benzene rings is 1. The molecule has 1 aromatic heterocycles. The number of hydrogen-bond acceptors (Lipinski definition) is 4. The van der Waals surface area contributed by atoms with Crippen LogP contribution in [-0.2, 0) is 0 Å². The van der Waals surface area contributed by atoms with Crippen LogP contribution in [0.5, 0.6) is 0 Å². The lowest BCUT2D eigenvalue weighted by molar-refractivity contribution is 0.0935. The number of rotatable bonds is 6. The highest BCUT2D eigenvalue weighted by Crippen LogP contribution is 2.22. The van der Waals surface area contributed by atoms with Crippen LogP contribution < -0.4 is 5.32 Å². The van der Waals surface area contributed by atoms with Gasteiger partial charge in [0.05, 0.1) is 0 Å². The van der Waals surface area contributed by atoms with Gasteiger partial charge in [-0.2, -0.15) is 0 Å². The van der Waals surface area contributed by atoms with Crippen LogP contribution in [0.2, 0.25) is 0 Å². The van der Waals surface area contributed by atoms with Gasteiger partial charge in [0.1, 0.15) is 0 Å². The molecule has 1 amide bonds. The Morgan fingerprint density at radius 2 is 1.85 bits per heavy atom. The number of pyridine rings is 1. The number of amides is 1.